The summed E-state index contributed by atoms with van der Waals surface area (Å²) in [6.45, 7) is 4.82. The largest absolute Gasteiger partial charge is 0.485 e. The van der Waals surface area contributed by atoms with Gasteiger partial charge < -0.3 is 9.47 Å². The molecule has 1 fully saturated rings. The Morgan fingerprint density at radius 2 is 1.64 bits per heavy atom. The summed E-state index contributed by atoms with van der Waals surface area (Å²) in [6, 6.07) is 21.8. The van der Waals surface area contributed by atoms with E-state index in [9.17, 15) is 0 Å². The molecule has 1 unspecified atom stereocenters. The Morgan fingerprint density at radius 3 is 2.33 bits per heavy atom. The number of ether oxygens (including phenoxy) is 2. The summed E-state index contributed by atoms with van der Waals surface area (Å²) in [6.07, 6.45) is 6.11. The van der Waals surface area contributed by atoms with Gasteiger partial charge in [0.25, 0.3) is 0 Å². The van der Waals surface area contributed by atoms with Crippen molar-refractivity contribution in [2.24, 2.45) is 0 Å². The van der Waals surface area contributed by atoms with Crippen molar-refractivity contribution in [3.05, 3.63) is 87.9 Å². The molecule has 0 bridgehead atoms. The lowest BCUT2D eigenvalue weighted by molar-refractivity contribution is 0.191. The summed E-state index contributed by atoms with van der Waals surface area (Å²) in [5.41, 5.74) is 2.06. The average Bonchev–Trinajstić information content (AvgIpc) is 3.10. The van der Waals surface area contributed by atoms with Crippen molar-refractivity contribution in [2.75, 3.05) is 13.1 Å². The predicted octanol–water partition coefficient (Wildman–Crippen LogP) is 8.69. The smallest absolute Gasteiger partial charge is 0.169 e. The summed E-state index contributed by atoms with van der Waals surface area (Å²) in [5, 5.41) is 1.22. The van der Waals surface area contributed by atoms with Crippen molar-refractivity contribution in [3.8, 4) is 17.2 Å². The highest BCUT2D eigenvalue weighted by atomic mass is 35.5. The highest BCUT2D eigenvalue weighted by Crippen LogP contribution is 2.41. The lowest BCUT2D eigenvalue weighted by Crippen LogP contribution is -2.29. The summed E-state index contributed by atoms with van der Waals surface area (Å²) in [5.74, 6) is 2.28. The SMILES string of the molecule is CCC(c1cccc(Oc2ccccc2)c1OCc1ccc(Cl)cc1Cl)N1CCCCCC1. The van der Waals surface area contributed by atoms with Gasteiger partial charge in [0.1, 0.15) is 12.4 Å². The zero-order valence-electron chi connectivity index (χ0n) is 19.1. The Hall–Kier alpha value is -2.20. The summed E-state index contributed by atoms with van der Waals surface area (Å²) < 4.78 is 12.8. The van der Waals surface area contributed by atoms with Gasteiger partial charge >= 0.3 is 0 Å². The van der Waals surface area contributed by atoms with Crippen LogP contribution < -0.4 is 9.47 Å². The molecule has 33 heavy (non-hydrogen) atoms. The van der Waals surface area contributed by atoms with Crippen molar-refractivity contribution >= 4 is 23.2 Å². The van der Waals surface area contributed by atoms with E-state index in [1.807, 2.05) is 48.5 Å². The first kappa shape index (κ1) is 23.9. The van der Waals surface area contributed by atoms with E-state index in [0.717, 1.165) is 47.9 Å². The first-order valence-electron chi connectivity index (χ1n) is 11.8. The van der Waals surface area contributed by atoms with Crippen molar-refractivity contribution in [2.45, 2.75) is 51.7 Å². The lowest BCUT2D eigenvalue weighted by Gasteiger charge is -2.32. The van der Waals surface area contributed by atoms with E-state index in [1.165, 1.54) is 25.7 Å². The molecule has 3 aromatic rings. The highest BCUT2D eigenvalue weighted by molar-refractivity contribution is 6.35. The minimum absolute atomic E-state index is 0.276. The van der Waals surface area contributed by atoms with Crippen LogP contribution in [0.15, 0.2) is 66.7 Å². The molecule has 1 saturated heterocycles. The maximum absolute atomic E-state index is 6.47. The predicted molar refractivity (Wildman–Crippen MR) is 137 cm³/mol. The quantitative estimate of drug-likeness (QED) is 0.319. The average molecular weight is 484 g/mol. The van der Waals surface area contributed by atoms with Gasteiger partial charge in [-0.05, 0) is 62.7 Å². The van der Waals surface area contributed by atoms with Gasteiger partial charge in [-0.2, -0.15) is 0 Å². The van der Waals surface area contributed by atoms with E-state index in [-0.39, 0.29) is 6.04 Å². The van der Waals surface area contributed by atoms with Gasteiger partial charge in [-0.1, -0.05) is 79.4 Å². The minimum atomic E-state index is 0.276. The molecule has 174 valence electrons. The fourth-order valence-corrected chi connectivity index (χ4v) is 4.98. The molecule has 0 saturated carbocycles. The number of hydrogen-bond acceptors (Lipinski definition) is 3. The molecule has 5 heteroatoms. The molecule has 0 amide bonds. The Balaban J connectivity index is 1.68. The molecule has 0 N–H and O–H groups in total. The van der Waals surface area contributed by atoms with Crippen molar-refractivity contribution in [3.63, 3.8) is 0 Å². The molecule has 1 aliphatic rings. The van der Waals surface area contributed by atoms with Crippen LogP contribution in [0.3, 0.4) is 0 Å². The number of rotatable bonds is 8. The fraction of sp³-hybridized carbons (Fsp3) is 0.357. The topological polar surface area (TPSA) is 21.7 Å². The first-order valence-corrected chi connectivity index (χ1v) is 12.6. The Bertz CT molecular complexity index is 1030. The molecule has 1 atom stereocenters. The van der Waals surface area contributed by atoms with Crippen LogP contribution in [-0.2, 0) is 6.61 Å². The summed E-state index contributed by atoms with van der Waals surface area (Å²) >= 11 is 12.5. The van der Waals surface area contributed by atoms with Crippen LogP contribution >= 0.6 is 23.2 Å². The molecule has 0 aromatic heterocycles. The van der Waals surface area contributed by atoms with Gasteiger partial charge in [0.15, 0.2) is 11.5 Å². The summed E-state index contributed by atoms with van der Waals surface area (Å²) in [4.78, 5) is 2.61. The molecule has 0 radical (unpaired) electrons. The van der Waals surface area contributed by atoms with E-state index in [2.05, 4.69) is 24.0 Å². The van der Waals surface area contributed by atoms with Crippen LogP contribution in [0, 0.1) is 0 Å². The minimum Gasteiger partial charge on any atom is -0.485 e. The van der Waals surface area contributed by atoms with Gasteiger partial charge in [-0.15, -0.1) is 0 Å². The van der Waals surface area contributed by atoms with E-state index in [4.69, 9.17) is 32.7 Å². The third-order valence-electron chi connectivity index (χ3n) is 6.19. The van der Waals surface area contributed by atoms with Crippen LogP contribution in [0.5, 0.6) is 17.2 Å². The van der Waals surface area contributed by atoms with Crippen LogP contribution in [0.1, 0.15) is 56.2 Å². The number of halogens is 2. The number of hydrogen-bond donors (Lipinski definition) is 0. The number of nitrogens with zero attached hydrogens (tertiary/aromatic N) is 1. The third-order valence-corrected chi connectivity index (χ3v) is 6.78. The second kappa shape index (κ2) is 11.8. The zero-order valence-corrected chi connectivity index (χ0v) is 20.6. The highest BCUT2D eigenvalue weighted by Gasteiger charge is 2.25. The monoisotopic (exact) mass is 483 g/mol. The van der Waals surface area contributed by atoms with Gasteiger partial charge in [0.05, 0.1) is 0 Å². The zero-order chi connectivity index (χ0) is 23.0. The molecular formula is C28H31Cl2NO2. The fourth-order valence-electron chi connectivity index (χ4n) is 4.52. The van der Waals surface area contributed by atoms with Gasteiger partial charge in [-0.25, -0.2) is 0 Å². The molecule has 0 aliphatic carbocycles. The third kappa shape index (κ3) is 6.23. The molecule has 1 aliphatic heterocycles. The van der Waals surface area contributed by atoms with Crippen molar-refractivity contribution < 1.29 is 9.47 Å². The molecule has 3 aromatic carbocycles. The van der Waals surface area contributed by atoms with E-state index in [0.29, 0.717) is 16.7 Å². The molecule has 3 nitrogen and oxygen atoms in total. The second-order valence-electron chi connectivity index (χ2n) is 8.49. The van der Waals surface area contributed by atoms with Crippen molar-refractivity contribution in [1.82, 2.24) is 4.90 Å². The van der Waals surface area contributed by atoms with E-state index in [1.54, 1.807) is 6.07 Å². The normalized spacial score (nSPS) is 15.6. The van der Waals surface area contributed by atoms with Crippen LogP contribution in [0.25, 0.3) is 0 Å². The Morgan fingerprint density at radius 1 is 0.879 bits per heavy atom. The van der Waals surface area contributed by atoms with E-state index < -0.39 is 0 Å². The standard InChI is InChI=1S/C28H31Cl2NO2/c1-2-26(31-17-8-3-4-9-18-31)24-13-10-14-27(33-23-11-6-5-7-12-23)28(24)32-20-21-15-16-22(29)19-25(21)30/h5-7,10-16,19,26H,2-4,8-9,17-18,20H2,1H3. The van der Waals surface area contributed by atoms with Crippen LogP contribution in [0.4, 0.5) is 0 Å². The Kier molecular flexibility index (Phi) is 8.55. The first-order chi connectivity index (χ1) is 16.2. The molecule has 0 spiro atoms. The number of benzene rings is 3. The lowest BCUT2D eigenvalue weighted by atomic mass is 10.0. The second-order valence-corrected chi connectivity index (χ2v) is 9.33. The summed E-state index contributed by atoms with van der Waals surface area (Å²) in [7, 11) is 0. The number of likely N-dealkylation sites (tertiary alicyclic amines) is 1. The number of para-hydroxylation sites is 2. The van der Waals surface area contributed by atoms with Gasteiger partial charge in [0, 0.05) is 27.2 Å². The van der Waals surface area contributed by atoms with Crippen LogP contribution in [-0.4, -0.2) is 18.0 Å². The van der Waals surface area contributed by atoms with Gasteiger partial charge in [-0.3, -0.25) is 4.90 Å². The Labute approximate surface area is 207 Å². The molecule has 4 rings (SSSR count). The maximum Gasteiger partial charge on any atom is 0.169 e. The van der Waals surface area contributed by atoms with Crippen molar-refractivity contribution in [1.29, 1.82) is 0 Å². The molecule has 1 heterocycles. The van der Waals surface area contributed by atoms with Crippen LogP contribution in [0.2, 0.25) is 10.0 Å². The van der Waals surface area contributed by atoms with Gasteiger partial charge in [0.2, 0.25) is 0 Å². The molecular weight excluding hydrogens is 453 g/mol. The van der Waals surface area contributed by atoms with E-state index >= 15 is 0 Å². The maximum atomic E-state index is 6.47.